The third kappa shape index (κ3) is 6.98. The molecule has 0 radical (unpaired) electrons. The Kier molecular flexibility index (Phi) is 6.21. The number of alkyl halides is 6. The molecule has 1 aliphatic rings. The Balaban J connectivity index is 2.14. The highest BCUT2D eigenvalue weighted by Gasteiger charge is 2.30. The molecule has 1 saturated heterocycles. The standard InChI is InChI=1S/C15H15F6NO4/c16-14(17,18)7-25-10-4-9(22-13(23)12-2-1-3-24-12)5-11(6-10)26-8-15(19,20)21/h4-6,12H,1-3,7-8H2,(H,22,23). The van der Waals surface area contributed by atoms with E-state index in [2.05, 4.69) is 14.8 Å². The lowest BCUT2D eigenvalue weighted by Crippen LogP contribution is -2.27. The number of carbonyl (C=O) groups is 1. The number of benzene rings is 1. The summed E-state index contributed by atoms with van der Waals surface area (Å²) < 4.78 is 87.8. The van der Waals surface area contributed by atoms with E-state index in [0.717, 1.165) is 18.2 Å². The van der Waals surface area contributed by atoms with Gasteiger partial charge in [-0.2, -0.15) is 26.3 Å². The van der Waals surface area contributed by atoms with Crippen LogP contribution in [0.4, 0.5) is 32.0 Å². The van der Waals surface area contributed by atoms with Gasteiger partial charge in [0.1, 0.15) is 17.6 Å². The van der Waals surface area contributed by atoms with Gasteiger partial charge in [-0.3, -0.25) is 4.79 Å². The molecule has 1 N–H and O–H groups in total. The monoisotopic (exact) mass is 387 g/mol. The Morgan fingerprint density at radius 3 is 2.00 bits per heavy atom. The summed E-state index contributed by atoms with van der Waals surface area (Å²) in [6, 6.07) is 2.98. The second kappa shape index (κ2) is 8.02. The van der Waals surface area contributed by atoms with Crippen molar-refractivity contribution in [3.8, 4) is 11.5 Å². The summed E-state index contributed by atoms with van der Waals surface area (Å²) in [6.07, 6.45) is -8.86. The Morgan fingerprint density at radius 2 is 1.58 bits per heavy atom. The second-order valence-corrected chi connectivity index (χ2v) is 5.49. The molecule has 11 heteroatoms. The Hall–Kier alpha value is -2.17. The van der Waals surface area contributed by atoms with Crippen LogP contribution < -0.4 is 14.8 Å². The van der Waals surface area contributed by atoms with Gasteiger partial charge in [0.25, 0.3) is 5.91 Å². The van der Waals surface area contributed by atoms with Crippen molar-refractivity contribution >= 4 is 11.6 Å². The fourth-order valence-electron chi connectivity index (χ4n) is 2.15. The minimum Gasteiger partial charge on any atom is -0.484 e. The van der Waals surface area contributed by atoms with Crippen molar-refractivity contribution < 1.29 is 45.3 Å². The SMILES string of the molecule is O=C(Nc1cc(OCC(F)(F)F)cc(OCC(F)(F)F)c1)C1CCCO1. The van der Waals surface area contributed by atoms with Crippen molar-refractivity contribution in [2.75, 3.05) is 25.1 Å². The number of rotatable bonds is 6. The first-order valence-corrected chi connectivity index (χ1v) is 7.48. The molecule has 1 aromatic carbocycles. The maximum atomic E-state index is 12.3. The van der Waals surface area contributed by atoms with E-state index in [4.69, 9.17) is 4.74 Å². The van der Waals surface area contributed by atoms with Crippen LogP contribution in [-0.2, 0) is 9.53 Å². The first-order chi connectivity index (χ1) is 12.0. The van der Waals surface area contributed by atoms with Crippen molar-refractivity contribution in [2.45, 2.75) is 31.3 Å². The van der Waals surface area contributed by atoms with Crippen LogP contribution in [0.2, 0.25) is 0 Å². The highest BCUT2D eigenvalue weighted by molar-refractivity contribution is 5.94. The van der Waals surface area contributed by atoms with Crippen LogP contribution in [0.25, 0.3) is 0 Å². The number of carbonyl (C=O) groups excluding carboxylic acids is 1. The highest BCUT2D eigenvalue weighted by Crippen LogP contribution is 2.29. The third-order valence-electron chi connectivity index (χ3n) is 3.17. The zero-order chi connectivity index (χ0) is 19.4. The number of nitrogens with one attached hydrogen (secondary N) is 1. The number of hydrogen-bond acceptors (Lipinski definition) is 4. The molecule has 1 aliphatic heterocycles. The van der Waals surface area contributed by atoms with Crippen LogP contribution in [0, 0.1) is 0 Å². The number of ether oxygens (including phenoxy) is 3. The average Bonchev–Trinajstić information content (AvgIpc) is 3.04. The van der Waals surface area contributed by atoms with Gasteiger partial charge in [0.15, 0.2) is 13.2 Å². The van der Waals surface area contributed by atoms with E-state index in [0.29, 0.717) is 19.4 Å². The lowest BCUT2D eigenvalue weighted by molar-refractivity contribution is -0.153. The first-order valence-electron chi connectivity index (χ1n) is 7.48. The molecule has 2 rings (SSSR count). The molecule has 0 aliphatic carbocycles. The third-order valence-corrected chi connectivity index (χ3v) is 3.17. The van der Waals surface area contributed by atoms with Crippen molar-refractivity contribution in [3.05, 3.63) is 18.2 Å². The molecule has 26 heavy (non-hydrogen) atoms. The summed E-state index contributed by atoms with van der Waals surface area (Å²) in [7, 11) is 0. The summed E-state index contributed by atoms with van der Waals surface area (Å²) >= 11 is 0. The van der Waals surface area contributed by atoms with E-state index in [1.54, 1.807) is 0 Å². The molecule has 5 nitrogen and oxygen atoms in total. The number of halogens is 6. The maximum absolute atomic E-state index is 12.3. The van der Waals surface area contributed by atoms with Gasteiger partial charge in [0.05, 0.1) is 0 Å². The molecule has 1 aromatic rings. The number of anilines is 1. The minimum atomic E-state index is -4.63. The molecule has 0 aromatic heterocycles. The van der Waals surface area contributed by atoms with E-state index in [-0.39, 0.29) is 5.69 Å². The lowest BCUT2D eigenvalue weighted by Gasteiger charge is -2.16. The van der Waals surface area contributed by atoms with E-state index in [1.165, 1.54) is 0 Å². The molecule has 146 valence electrons. The van der Waals surface area contributed by atoms with Gasteiger partial charge in [-0.25, -0.2) is 0 Å². The van der Waals surface area contributed by atoms with Gasteiger partial charge >= 0.3 is 12.4 Å². The predicted molar refractivity (Wildman–Crippen MR) is 77.1 cm³/mol. The number of hydrogen-bond donors (Lipinski definition) is 1. The molecule has 0 saturated carbocycles. The Morgan fingerprint density at radius 1 is 1.04 bits per heavy atom. The van der Waals surface area contributed by atoms with E-state index < -0.39 is 49.1 Å². The van der Waals surface area contributed by atoms with Crippen LogP contribution >= 0.6 is 0 Å². The molecular formula is C15H15F6NO4. The Labute approximate surface area is 144 Å². The topological polar surface area (TPSA) is 56.8 Å². The minimum absolute atomic E-state index is 0.0673. The second-order valence-electron chi connectivity index (χ2n) is 5.49. The summed E-state index contributed by atoms with van der Waals surface area (Å²) in [5.41, 5.74) is -0.0673. The van der Waals surface area contributed by atoms with Crippen molar-refractivity contribution in [1.82, 2.24) is 0 Å². The van der Waals surface area contributed by atoms with Crippen molar-refractivity contribution in [3.63, 3.8) is 0 Å². The molecule has 0 bridgehead atoms. The zero-order valence-corrected chi connectivity index (χ0v) is 13.2. The predicted octanol–water partition coefficient (Wildman–Crippen LogP) is 3.69. The van der Waals surface area contributed by atoms with Crippen molar-refractivity contribution in [1.29, 1.82) is 0 Å². The summed E-state index contributed by atoms with van der Waals surface area (Å²) in [5.74, 6) is -1.36. The van der Waals surface area contributed by atoms with Gasteiger partial charge in [-0.1, -0.05) is 0 Å². The average molecular weight is 387 g/mol. The van der Waals surface area contributed by atoms with Gasteiger partial charge in [0.2, 0.25) is 0 Å². The first kappa shape index (κ1) is 20.1. The molecule has 1 amide bonds. The Bertz CT molecular complexity index is 589. The lowest BCUT2D eigenvalue weighted by atomic mass is 10.2. The maximum Gasteiger partial charge on any atom is 0.422 e. The van der Waals surface area contributed by atoms with Gasteiger partial charge in [0, 0.05) is 30.5 Å². The molecule has 1 heterocycles. The van der Waals surface area contributed by atoms with Crippen LogP contribution in [0.5, 0.6) is 11.5 Å². The molecule has 1 fully saturated rings. The van der Waals surface area contributed by atoms with Gasteiger partial charge in [-0.15, -0.1) is 0 Å². The van der Waals surface area contributed by atoms with Gasteiger partial charge < -0.3 is 19.5 Å². The van der Waals surface area contributed by atoms with Crippen LogP contribution in [-0.4, -0.2) is 44.2 Å². The quantitative estimate of drug-likeness (QED) is 0.757. The zero-order valence-electron chi connectivity index (χ0n) is 13.2. The smallest absolute Gasteiger partial charge is 0.422 e. The van der Waals surface area contributed by atoms with Crippen LogP contribution in [0.1, 0.15) is 12.8 Å². The summed E-state index contributed by atoms with van der Waals surface area (Å²) in [4.78, 5) is 12.0. The van der Waals surface area contributed by atoms with Gasteiger partial charge in [-0.05, 0) is 12.8 Å². The number of amides is 1. The molecular weight excluding hydrogens is 372 g/mol. The summed E-state index contributed by atoms with van der Waals surface area (Å²) in [5, 5.41) is 2.37. The fraction of sp³-hybridized carbons (Fsp3) is 0.533. The van der Waals surface area contributed by atoms with E-state index in [9.17, 15) is 31.1 Å². The summed E-state index contributed by atoms with van der Waals surface area (Å²) in [6.45, 7) is -2.89. The molecule has 1 atom stereocenters. The van der Waals surface area contributed by atoms with Crippen LogP contribution in [0.3, 0.4) is 0 Å². The van der Waals surface area contributed by atoms with E-state index in [1.807, 2.05) is 0 Å². The molecule has 0 spiro atoms. The molecule has 1 unspecified atom stereocenters. The van der Waals surface area contributed by atoms with Crippen molar-refractivity contribution in [2.24, 2.45) is 0 Å². The highest BCUT2D eigenvalue weighted by atomic mass is 19.4. The van der Waals surface area contributed by atoms with E-state index >= 15 is 0 Å². The normalized spacial score (nSPS) is 17.8. The fourth-order valence-corrected chi connectivity index (χ4v) is 2.15. The van der Waals surface area contributed by atoms with Crippen LogP contribution in [0.15, 0.2) is 18.2 Å². The largest absolute Gasteiger partial charge is 0.484 e.